The minimum absolute atomic E-state index is 0.874. The first kappa shape index (κ1) is 14.8. The predicted octanol–water partition coefficient (Wildman–Crippen LogP) is -2.13. The lowest BCUT2D eigenvalue weighted by molar-refractivity contribution is -0.149. The maximum absolute atomic E-state index is 11.1. The molecule has 1 amide bonds. The Bertz CT molecular complexity index is 338. The molecule has 5 N–H and O–H groups in total. The molecule has 0 aliphatic carbocycles. The monoisotopic (exact) mass is 249 g/mol. The number of rotatable bonds is 7. The standard InChI is InChI=1S/C8H11NO8/c10-4(2-6(13)14)7(15)9-3(8(16)17)1-5(11)12/h3-4,10H,1-2H2,(H,9,15)(H,11,12)(H,13,14)(H,16,17)/t3-,4?/m0/s1. The summed E-state index contributed by atoms with van der Waals surface area (Å²) >= 11 is 0. The van der Waals surface area contributed by atoms with Gasteiger partial charge in [-0.15, -0.1) is 0 Å². The van der Waals surface area contributed by atoms with Gasteiger partial charge in [-0.1, -0.05) is 0 Å². The van der Waals surface area contributed by atoms with E-state index in [9.17, 15) is 19.2 Å². The summed E-state index contributed by atoms with van der Waals surface area (Å²) in [5.74, 6) is -5.74. The Morgan fingerprint density at radius 2 is 1.41 bits per heavy atom. The molecule has 0 heterocycles. The van der Waals surface area contributed by atoms with Gasteiger partial charge in [0.1, 0.15) is 12.1 Å². The number of aliphatic carboxylic acids is 3. The van der Waals surface area contributed by atoms with Gasteiger partial charge in [-0.2, -0.15) is 0 Å². The molecule has 0 aliphatic rings. The number of carboxylic acids is 3. The van der Waals surface area contributed by atoms with Gasteiger partial charge >= 0.3 is 17.9 Å². The van der Waals surface area contributed by atoms with Crippen molar-refractivity contribution < 1.29 is 39.6 Å². The molecule has 9 nitrogen and oxygen atoms in total. The second-order valence-corrected chi connectivity index (χ2v) is 3.11. The molecule has 0 aliphatic heterocycles. The van der Waals surface area contributed by atoms with Crippen LogP contribution in [-0.4, -0.2) is 56.4 Å². The molecule has 0 bridgehead atoms. The zero-order valence-corrected chi connectivity index (χ0v) is 8.49. The van der Waals surface area contributed by atoms with Crippen LogP contribution in [0.4, 0.5) is 0 Å². The van der Waals surface area contributed by atoms with Crippen LogP contribution >= 0.6 is 0 Å². The lowest BCUT2D eigenvalue weighted by Crippen LogP contribution is -2.46. The summed E-state index contributed by atoms with van der Waals surface area (Å²) in [6.45, 7) is 0. The Hall–Kier alpha value is -2.16. The molecule has 9 heteroatoms. The van der Waals surface area contributed by atoms with Crippen molar-refractivity contribution in [1.29, 1.82) is 0 Å². The Balaban J connectivity index is 4.44. The van der Waals surface area contributed by atoms with E-state index in [1.54, 1.807) is 5.32 Å². The molecule has 0 spiro atoms. The largest absolute Gasteiger partial charge is 0.481 e. The number of amides is 1. The van der Waals surface area contributed by atoms with E-state index in [0.29, 0.717) is 0 Å². The molecule has 0 radical (unpaired) electrons. The molecule has 0 rings (SSSR count). The number of carbonyl (C=O) groups is 4. The molecule has 0 saturated heterocycles. The van der Waals surface area contributed by atoms with Crippen molar-refractivity contribution in [3.63, 3.8) is 0 Å². The van der Waals surface area contributed by atoms with Gasteiger partial charge in [-0.05, 0) is 0 Å². The molecule has 0 aromatic heterocycles. The molecule has 0 saturated carbocycles. The van der Waals surface area contributed by atoms with Gasteiger partial charge in [0.25, 0.3) is 0 Å². The quantitative estimate of drug-likeness (QED) is 0.341. The highest BCUT2D eigenvalue weighted by molar-refractivity contribution is 5.90. The lowest BCUT2D eigenvalue weighted by Gasteiger charge is -2.14. The highest BCUT2D eigenvalue weighted by atomic mass is 16.4. The molecule has 0 aromatic rings. The van der Waals surface area contributed by atoms with Gasteiger partial charge in [0.15, 0.2) is 0 Å². The zero-order valence-electron chi connectivity index (χ0n) is 8.49. The third kappa shape index (κ3) is 6.10. The fraction of sp³-hybridized carbons (Fsp3) is 0.500. The van der Waals surface area contributed by atoms with E-state index in [-0.39, 0.29) is 0 Å². The SMILES string of the molecule is O=C(O)CC(O)C(=O)N[C@@H](CC(=O)O)C(=O)O. The first-order valence-corrected chi connectivity index (χ1v) is 4.39. The number of nitrogens with one attached hydrogen (secondary N) is 1. The number of aliphatic hydroxyl groups is 1. The number of carboxylic acid groups (broad SMARTS) is 3. The number of aliphatic hydroxyl groups excluding tert-OH is 1. The van der Waals surface area contributed by atoms with E-state index < -0.39 is 48.8 Å². The van der Waals surface area contributed by atoms with Gasteiger partial charge < -0.3 is 25.7 Å². The predicted molar refractivity (Wildman–Crippen MR) is 50.1 cm³/mol. The van der Waals surface area contributed by atoms with Crippen molar-refractivity contribution in [1.82, 2.24) is 5.32 Å². The van der Waals surface area contributed by atoms with Crippen molar-refractivity contribution in [2.75, 3.05) is 0 Å². The van der Waals surface area contributed by atoms with Crippen LogP contribution in [0, 0.1) is 0 Å². The van der Waals surface area contributed by atoms with E-state index >= 15 is 0 Å². The Morgan fingerprint density at radius 1 is 0.941 bits per heavy atom. The van der Waals surface area contributed by atoms with Crippen LogP contribution in [0.2, 0.25) is 0 Å². The smallest absolute Gasteiger partial charge is 0.326 e. The van der Waals surface area contributed by atoms with Crippen molar-refractivity contribution in [3.05, 3.63) is 0 Å². The Labute approximate surface area is 94.7 Å². The number of hydrogen-bond donors (Lipinski definition) is 5. The van der Waals surface area contributed by atoms with E-state index in [4.69, 9.17) is 20.4 Å². The van der Waals surface area contributed by atoms with Crippen LogP contribution < -0.4 is 5.32 Å². The summed E-state index contributed by atoms with van der Waals surface area (Å²) < 4.78 is 0. The van der Waals surface area contributed by atoms with Crippen LogP contribution in [0.25, 0.3) is 0 Å². The van der Waals surface area contributed by atoms with Gasteiger partial charge in [0, 0.05) is 0 Å². The van der Waals surface area contributed by atoms with Crippen LogP contribution in [0.5, 0.6) is 0 Å². The maximum Gasteiger partial charge on any atom is 0.326 e. The Morgan fingerprint density at radius 3 is 1.76 bits per heavy atom. The second-order valence-electron chi connectivity index (χ2n) is 3.11. The highest BCUT2D eigenvalue weighted by Gasteiger charge is 2.27. The zero-order chi connectivity index (χ0) is 13.6. The van der Waals surface area contributed by atoms with Crippen LogP contribution in [0.15, 0.2) is 0 Å². The summed E-state index contributed by atoms with van der Waals surface area (Å²) in [7, 11) is 0. The van der Waals surface area contributed by atoms with Crippen molar-refractivity contribution in [3.8, 4) is 0 Å². The van der Waals surface area contributed by atoms with E-state index in [1.807, 2.05) is 0 Å². The third-order valence-corrected chi connectivity index (χ3v) is 1.66. The first-order valence-electron chi connectivity index (χ1n) is 4.39. The topological polar surface area (TPSA) is 161 Å². The molecule has 96 valence electrons. The fourth-order valence-corrected chi connectivity index (χ4v) is 0.901. The molecule has 0 aromatic carbocycles. The maximum atomic E-state index is 11.1. The summed E-state index contributed by atoms with van der Waals surface area (Å²) in [6.07, 6.45) is -3.70. The second kappa shape index (κ2) is 6.43. The average Bonchev–Trinajstić information content (AvgIpc) is 2.14. The van der Waals surface area contributed by atoms with Crippen molar-refractivity contribution in [2.45, 2.75) is 25.0 Å². The molecule has 17 heavy (non-hydrogen) atoms. The molecule has 2 atom stereocenters. The highest BCUT2D eigenvalue weighted by Crippen LogP contribution is 1.97. The minimum atomic E-state index is -1.93. The summed E-state index contributed by atoms with van der Waals surface area (Å²) in [6, 6.07) is -1.72. The van der Waals surface area contributed by atoms with E-state index in [2.05, 4.69) is 0 Å². The molecular formula is C8H11NO8. The molecular weight excluding hydrogens is 238 g/mol. The average molecular weight is 249 g/mol. The Kier molecular flexibility index (Phi) is 5.61. The minimum Gasteiger partial charge on any atom is -0.481 e. The normalized spacial score (nSPS) is 13.5. The summed E-state index contributed by atoms with van der Waals surface area (Å²) in [5.41, 5.74) is 0. The van der Waals surface area contributed by atoms with Crippen LogP contribution in [0.1, 0.15) is 12.8 Å². The van der Waals surface area contributed by atoms with Gasteiger partial charge in [-0.25, -0.2) is 4.79 Å². The number of hydrogen-bond acceptors (Lipinski definition) is 5. The summed E-state index contributed by atoms with van der Waals surface area (Å²) in [4.78, 5) is 42.1. The van der Waals surface area contributed by atoms with Crippen molar-refractivity contribution >= 4 is 23.8 Å². The van der Waals surface area contributed by atoms with E-state index in [0.717, 1.165) is 0 Å². The summed E-state index contributed by atoms with van der Waals surface area (Å²) in [5, 5.41) is 35.9. The van der Waals surface area contributed by atoms with Gasteiger partial charge in [0.2, 0.25) is 5.91 Å². The van der Waals surface area contributed by atoms with Crippen LogP contribution in [-0.2, 0) is 19.2 Å². The molecule has 1 unspecified atom stereocenters. The van der Waals surface area contributed by atoms with Gasteiger partial charge in [-0.3, -0.25) is 14.4 Å². The van der Waals surface area contributed by atoms with Gasteiger partial charge in [0.05, 0.1) is 12.8 Å². The van der Waals surface area contributed by atoms with E-state index in [1.165, 1.54) is 0 Å². The fourth-order valence-electron chi connectivity index (χ4n) is 0.901. The molecule has 0 fully saturated rings. The third-order valence-electron chi connectivity index (χ3n) is 1.66. The lowest BCUT2D eigenvalue weighted by atomic mass is 10.1. The van der Waals surface area contributed by atoms with Crippen molar-refractivity contribution in [2.24, 2.45) is 0 Å². The van der Waals surface area contributed by atoms with Crippen LogP contribution in [0.3, 0.4) is 0 Å². The number of carbonyl (C=O) groups excluding carboxylic acids is 1. The first-order chi connectivity index (χ1) is 7.73.